The first kappa shape index (κ1) is 22.1. The van der Waals surface area contributed by atoms with Gasteiger partial charge >= 0.3 is 0 Å². The van der Waals surface area contributed by atoms with Gasteiger partial charge in [0.15, 0.2) is 0 Å². The second kappa shape index (κ2) is 10.4. The third-order valence-corrected chi connectivity index (χ3v) is 5.73. The number of amides is 1. The van der Waals surface area contributed by atoms with Gasteiger partial charge in [-0.2, -0.15) is 4.98 Å². The van der Waals surface area contributed by atoms with E-state index < -0.39 is 0 Å². The summed E-state index contributed by atoms with van der Waals surface area (Å²) in [5.41, 5.74) is 3.01. The smallest absolute Gasteiger partial charge is 0.251 e. The van der Waals surface area contributed by atoms with Crippen LogP contribution in [0.1, 0.15) is 67.1 Å². The van der Waals surface area contributed by atoms with Crippen molar-refractivity contribution in [2.75, 3.05) is 24.3 Å². The second-order valence-electron chi connectivity index (χ2n) is 8.55. The minimum Gasteiger partial charge on any atom is -0.363 e. The first-order chi connectivity index (χ1) is 14.4. The third kappa shape index (κ3) is 6.18. The summed E-state index contributed by atoms with van der Waals surface area (Å²) in [6.07, 6.45) is 7.37. The molecule has 0 atom stereocenters. The molecule has 3 rings (SSSR count). The standard InChI is InChI=1S/C24H35N5O/c1-5-6-7-18-8-10-19(11-9-18)23(30)26-20-12-14-21(15-13-20)27-24-25-17(2)16-22(28-24)29(3)4/h8-11,16,20-21H,5-7,12-15H2,1-4H3,(H,26,30)(H,25,27,28)/t20-,21+. The summed E-state index contributed by atoms with van der Waals surface area (Å²) in [6.45, 7) is 4.18. The fraction of sp³-hybridized carbons (Fsp3) is 0.542. The molecular weight excluding hydrogens is 374 g/mol. The number of nitrogens with one attached hydrogen (secondary N) is 2. The maximum atomic E-state index is 12.6. The van der Waals surface area contributed by atoms with Crippen molar-refractivity contribution in [1.29, 1.82) is 0 Å². The van der Waals surface area contributed by atoms with E-state index in [-0.39, 0.29) is 11.9 Å². The third-order valence-electron chi connectivity index (χ3n) is 5.73. The van der Waals surface area contributed by atoms with Gasteiger partial charge in [0.2, 0.25) is 5.95 Å². The summed E-state index contributed by atoms with van der Waals surface area (Å²) >= 11 is 0. The lowest BCUT2D eigenvalue weighted by Crippen LogP contribution is -2.40. The highest BCUT2D eigenvalue weighted by atomic mass is 16.1. The van der Waals surface area contributed by atoms with Gasteiger partial charge in [-0.15, -0.1) is 0 Å². The summed E-state index contributed by atoms with van der Waals surface area (Å²) in [4.78, 5) is 23.7. The Labute approximate surface area is 180 Å². The Balaban J connectivity index is 1.48. The fourth-order valence-electron chi connectivity index (χ4n) is 3.88. The predicted octanol–water partition coefficient (Wildman–Crippen LogP) is 4.35. The van der Waals surface area contributed by atoms with Crippen LogP contribution in [0.4, 0.5) is 11.8 Å². The molecule has 1 aliphatic carbocycles. The van der Waals surface area contributed by atoms with Crippen molar-refractivity contribution in [3.63, 3.8) is 0 Å². The molecule has 1 saturated carbocycles. The Bertz CT molecular complexity index is 826. The highest BCUT2D eigenvalue weighted by molar-refractivity contribution is 5.94. The van der Waals surface area contributed by atoms with E-state index in [1.807, 2.05) is 44.1 Å². The molecule has 2 N–H and O–H groups in total. The second-order valence-corrected chi connectivity index (χ2v) is 8.55. The highest BCUT2D eigenvalue weighted by Crippen LogP contribution is 2.22. The Morgan fingerprint density at radius 1 is 1.07 bits per heavy atom. The van der Waals surface area contributed by atoms with Crippen molar-refractivity contribution in [3.8, 4) is 0 Å². The van der Waals surface area contributed by atoms with Gasteiger partial charge in [0, 0.05) is 43.5 Å². The predicted molar refractivity (Wildman–Crippen MR) is 123 cm³/mol. The zero-order chi connectivity index (χ0) is 21.5. The number of anilines is 2. The molecule has 1 aromatic heterocycles. The number of benzene rings is 1. The molecule has 6 heteroatoms. The van der Waals surface area contributed by atoms with Gasteiger partial charge in [-0.1, -0.05) is 25.5 Å². The molecule has 1 aromatic carbocycles. The van der Waals surface area contributed by atoms with Crippen LogP contribution in [0.15, 0.2) is 30.3 Å². The summed E-state index contributed by atoms with van der Waals surface area (Å²) in [6, 6.07) is 10.6. The van der Waals surface area contributed by atoms with Crippen molar-refractivity contribution in [2.45, 2.75) is 70.9 Å². The minimum absolute atomic E-state index is 0.0334. The average molecular weight is 410 g/mol. The lowest BCUT2D eigenvalue weighted by Gasteiger charge is -2.30. The zero-order valence-electron chi connectivity index (χ0n) is 18.7. The molecule has 162 valence electrons. The number of rotatable bonds is 8. The SMILES string of the molecule is CCCCc1ccc(C(=O)N[C@H]2CC[C@@H](Nc3nc(C)cc(N(C)C)n3)CC2)cc1. The molecule has 0 aliphatic heterocycles. The molecule has 6 nitrogen and oxygen atoms in total. The van der Waals surface area contributed by atoms with Gasteiger partial charge < -0.3 is 15.5 Å². The topological polar surface area (TPSA) is 70.2 Å². The van der Waals surface area contributed by atoms with E-state index in [2.05, 4.69) is 39.7 Å². The van der Waals surface area contributed by atoms with Crippen molar-refractivity contribution in [3.05, 3.63) is 47.2 Å². The summed E-state index contributed by atoms with van der Waals surface area (Å²) in [5.74, 6) is 1.63. The monoisotopic (exact) mass is 409 g/mol. The van der Waals surface area contributed by atoms with Crippen LogP contribution in [0.3, 0.4) is 0 Å². The molecule has 0 unspecified atom stereocenters. The largest absolute Gasteiger partial charge is 0.363 e. The lowest BCUT2D eigenvalue weighted by atomic mass is 9.91. The van der Waals surface area contributed by atoms with Gasteiger partial charge in [0.05, 0.1) is 0 Å². The van der Waals surface area contributed by atoms with Gasteiger partial charge in [0.1, 0.15) is 5.82 Å². The molecule has 1 amide bonds. The van der Waals surface area contributed by atoms with Crippen LogP contribution in [0, 0.1) is 6.92 Å². The number of hydrogen-bond acceptors (Lipinski definition) is 5. The van der Waals surface area contributed by atoms with E-state index in [4.69, 9.17) is 0 Å². The van der Waals surface area contributed by atoms with E-state index in [1.54, 1.807) is 0 Å². The van der Waals surface area contributed by atoms with Crippen LogP contribution >= 0.6 is 0 Å². The zero-order valence-corrected chi connectivity index (χ0v) is 18.7. The molecule has 0 bridgehead atoms. The van der Waals surface area contributed by atoms with Crippen molar-refractivity contribution >= 4 is 17.7 Å². The number of carbonyl (C=O) groups is 1. The summed E-state index contributed by atoms with van der Waals surface area (Å²) in [7, 11) is 3.97. The Hall–Kier alpha value is -2.63. The molecule has 1 fully saturated rings. The maximum Gasteiger partial charge on any atom is 0.251 e. The van der Waals surface area contributed by atoms with Gasteiger partial charge in [0.25, 0.3) is 5.91 Å². The molecule has 2 aromatic rings. The summed E-state index contributed by atoms with van der Waals surface area (Å²) in [5, 5.41) is 6.69. The van der Waals surface area contributed by atoms with Crippen LogP contribution in [0.25, 0.3) is 0 Å². The van der Waals surface area contributed by atoms with E-state index >= 15 is 0 Å². The Morgan fingerprint density at radius 2 is 1.73 bits per heavy atom. The van der Waals surface area contributed by atoms with Crippen molar-refractivity contribution in [2.24, 2.45) is 0 Å². The van der Waals surface area contributed by atoms with Gasteiger partial charge in [-0.25, -0.2) is 4.98 Å². The molecule has 0 saturated heterocycles. The van der Waals surface area contributed by atoms with Crippen molar-refractivity contribution in [1.82, 2.24) is 15.3 Å². The quantitative estimate of drug-likeness (QED) is 0.678. The molecule has 1 heterocycles. The average Bonchev–Trinajstić information content (AvgIpc) is 2.73. The van der Waals surface area contributed by atoms with E-state index in [1.165, 1.54) is 18.4 Å². The van der Waals surface area contributed by atoms with Crippen LogP contribution < -0.4 is 15.5 Å². The Morgan fingerprint density at radius 3 is 2.37 bits per heavy atom. The molecule has 1 aliphatic rings. The Kier molecular flexibility index (Phi) is 7.66. The molecule has 0 spiro atoms. The van der Waals surface area contributed by atoms with Crippen LogP contribution in [-0.4, -0.2) is 42.1 Å². The van der Waals surface area contributed by atoms with Gasteiger partial charge in [-0.05, 0) is 63.1 Å². The normalized spacial score (nSPS) is 18.7. The number of unbranched alkanes of at least 4 members (excludes halogenated alkanes) is 1. The molecular formula is C24H35N5O. The summed E-state index contributed by atoms with van der Waals surface area (Å²) < 4.78 is 0. The molecule has 30 heavy (non-hydrogen) atoms. The van der Waals surface area contributed by atoms with E-state index in [9.17, 15) is 4.79 Å². The number of carbonyl (C=O) groups excluding carboxylic acids is 1. The number of aryl methyl sites for hydroxylation is 2. The molecule has 0 radical (unpaired) electrons. The van der Waals surface area contributed by atoms with Crippen molar-refractivity contribution < 1.29 is 4.79 Å². The first-order valence-corrected chi connectivity index (χ1v) is 11.1. The number of hydrogen-bond donors (Lipinski definition) is 2. The van der Waals surface area contributed by atoms with Crippen LogP contribution in [0.2, 0.25) is 0 Å². The lowest BCUT2D eigenvalue weighted by molar-refractivity contribution is 0.0926. The minimum atomic E-state index is 0.0334. The van der Waals surface area contributed by atoms with E-state index in [0.29, 0.717) is 12.0 Å². The van der Waals surface area contributed by atoms with Crippen LogP contribution in [0.5, 0.6) is 0 Å². The number of aromatic nitrogens is 2. The fourth-order valence-corrected chi connectivity index (χ4v) is 3.88. The number of nitrogens with zero attached hydrogens (tertiary/aromatic N) is 3. The first-order valence-electron chi connectivity index (χ1n) is 11.1. The maximum absolute atomic E-state index is 12.6. The van der Waals surface area contributed by atoms with Gasteiger partial charge in [-0.3, -0.25) is 4.79 Å². The van der Waals surface area contributed by atoms with E-state index in [0.717, 1.165) is 49.2 Å². The highest BCUT2D eigenvalue weighted by Gasteiger charge is 2.23. The van der Waals surface area contributed by atoms with Crippen LogP contribution in [-0.2, 0) is 6.42 Å².